The molecule has 138 valence electrons. The van der Waals surface area contributed by atoms with E-state index in [1.54, 1.807) is 12.1 Å². The van der Waals surface area contributed by atoms with E-state index in [4.69, 9.17) is 10.3 Å². The van der Waals surface area contributed by atoms with Crippen LogP contribution in [0.2, 0.25) is 0 Å². The lowest BCUT2D eigenvalue weighted by atomic mass is 10.1. The van der Waals surface area contributed by atoms with E-state index < -0.39 is 10.0 Å². The Labute approximate surface area is 147 Å². The van der Waals surface area contributed by atoms with Crippen molar-refractivity contribution in [1.29, 1.82) is 0 Å². The summed E-state index contributed by atoms with van der Waals surface area (Å²) in [5.41, 5.74) is 5.65. The molecule has 2 aliphatic rings. The third-order valence-corrected chi connectivity index (χ3v) is 6.11. The molecule has 25 heavy (non-hydrogen) atoms. The lowest BCUT2D eigenvalue weighted by Gasteiger charge is -2.30. The van der Waals surface area contributed by atoms with Crippen molar-refractivity contribution in [2.75, 3.05) is 19.6 Å². The van der Waals surface area contributed by atoms with Gasteiger partial charge < -0.3 is 15.6 Å². The van der Waals surface area contributed by atoms with E-state index in [1.165, 1.54) is 9.71 Å². The predicted octanol–water partition coefficient (Wildman–Crippen LogP) is 0.939. The first-order valence-electron chi connectivity index (χ1n) is 8.64. The van der Waals surface area contributed by atoms with Crippen molar-refractivity contribution in [3.05, 3.63) is 29.0 Å². The van der Waals surface area contributed by atoms with Crippen LogP contribution in [0.15, 0.2) is 22.1 Å². The van der Waals surface area contributed by atoms with Gasteiger partial charge in [0.15, 0.2) is 5.69 Å². The smallest absolute Gasteiger partial charge is 0.273 e. The standard InChI is InChI=1S/C16H24N4O4S/c17-7-1-2-10-25(22,23)20-8-5-13(6-9-20)18-16(21)14-11-15(24-19-14)12-3-4-12/h2,10-13H,1,3-9,17H2,(H,18,21). The fourth-order valence-corrected chi connectivity index (χ4v) is 4.11. The Morgan fingerprint density at radius 2 is 2.08 bits per heavy atom. The van der Waals surface area contributed by atoms with Crippen LogP contribution in [-0.2, 0) is 10.0 Å². The van der Waals surface area contributed by atoms with E-state index in [0.29, 0.717) is 50.5 Å². The lowest BCUT2D eigenvalue weighted by molar-refractivity contribution is 0.0914. The van der Waals surface area contributed by atoms with Crippen LogP contribution in [0.25, 0.3) is 0 Å². The Balaban J connectivity index is 1.49. The zero-order valence-electron chi connectivity index (χ0n) is 14.1. The molecule has 8 nitrogen and oxygen atoms in total. The quantitative estimate of drug-likeness (QED) is 0.739. The van der Waals surface area contributed by atoms with E-state index in [-0.39, 0.29) is 11.9 Å². The second-order valence-electron chi connectivity index (χ2n) is 6.53. The normalized spacial score (nSPS) is 20.2. The second-order valence-corrected chi connectivity index (χ2v) is 8.35. The van der Waals surface area contributed by atoms with Crippen molar-refractivity contribution >= 4 is 15.9 Å². The number of piperidine rings is 1. The van der Waals surface area contributed by atoms with Gasteiger partial charge >= 0.3 is 0 Å². The highest BCUT2D eigenvalue weighted by Crippen LogP contribution is 2.40. The molecule has 0 spiro atoms. The van der Waals surface area contributed by atoms with Gasteiger partial charge in [-0.25, -0.2) is 8.42 Å². The molecule has 0 unspecified atom stereocenters. The third kappa shape index (κ3) is 4.68. The minimum atomic E-state index is -3.40. The number of carbonyl (C=O) groups is 1. The summed E-state index contributed by atoms with van der Waals surface area (Å²) in [6, 6.07) is 1.64. The minimum Gasteiger partial charge on any atom is -0.360 e. The van der Waals surface area contributed by atoms with E-state index in [9.17, 15) is 13.2 Å². The van der Waals surface area contributed by atoms with E-state index in [2.05, 4.69) is 10.5 Å². The van der Waals surface area contributed by atoms with Crippen LogP contribution >= 0.6 is 0 Å². The summed E-state index contributed by atoms with van der Waals surface area (Å²) in [5, 5.41) is 7.96. The summed E-state index contributed by atoms with van der Waals surface area (Å²) < 4.78 is 31.0. The Bertz CT molecular complexity index is 731. The number of carbonyl (C=O) groups excluding carboxylic acids is 1. The van der Waals surface area contributed by atoms with Crippen LogP contribution in [0.5, 0.6) is 0 Å². The molecule has 0 aromatic carbocycles. The zero-order valence-corrected chi connectivity index (χ0v) is 14.9. The third-order valence-electron chi connectivity index (χ3n) is 4.49. The second kappa shape index (κ2) is 7.67. The first-order valence-corrected chi connectivity index (χ1v) is 10.1. The first-order chi connectivity index (χ1) is 12.0. The molecule has 2 heterocycles. The molecule has 3 N–H and O–H groups in total. The average Bonchev–Trinajstić information content (AvgIpc) is 3.32. The SMILES string of the molecule is NCCC=CS(=O)(=O)N1CCC(NC(=O)c2cc(C3CC3)on2)CC1. The van der Waals surface area contributed by atoms with Gasteiger partial charge in [-0.2, -0.15) is 4.31 Å². The van der Waals surface area contributed by atoms with Gasteiger partial charge in [0.05, 0.1) is 0 Å². The number of hydrogen-bond acceptors (Lipinski definition) is 6. The molecule has 2 fully saturated rings. The highest BCUT2D eigenvalue weighted by Gasteiger charge is 2.30. The molecule has 0 atom stereocenters. The molecule has 1 aromatic heterocycles. The number of nitrogens with zero attached hydrogens (tertiary/aromatic N) is 2. The summed E-state index contributed by atoms with van der Waals surface area (Å²) >= 11 is 0. The molecule has 0 radical (unpaired) electrons. The molecule has 3 rings (SSSR count). The Morgan fingerprint density at radius 1 is 1.36 bits per heavy atom. The predicted molar refractivity (Wildman–Crippen MR) is 92.3 cm³/mol. The maximum atomic E-state index is 12.2. The number of nitrogens with one attached hydrogen (secondary N) is 1. The van der Waals surface area contributed by atoms with Crippen LogP contribution in [0, 0.1) is 0 Å². The lowest BCUT2D eigenvalue weighted by Crippen LogP contribution is -2.46. The number of amides is 1. The van der Waals surface area contributed by atoms with Gasteiger partial charge in [0.1, 0.15) is 5.76 Å². The van der Waals surface area contributed by atoms with Gasteiger partial charge in [-0.15, -0.1) is 0 Å². The van der Waals surface area contributed by atoms with Gasteiger partial charge in [-0.05, 0) is 38.6 Å². The number of nitrogens with two attached hydrogens (primary N) is 1. The maximum Gasteiger partial charge on any atom is 0.273 e. The topological polar surface area (TPSA) is 119 Å². The van der Waals surface area contributed by atoms with Crippen LogP contribution in [-0.4, -0.2) is 49.5 Å². The molecular weight excluding hydrogens is 344 g/mol. The fraction of sp³-hybridized carbons (Fsp3) is 0.625. The Morgan fingerprint density at radius 3 is 2.72 bits per heavy atom. The fourth-order valence-electron chi connectivity index (χ4n) is 2.84. The Hall–Kier alpha value is -1.71. The van der Waals surface area contributed by atoms with Crippen LogP contribution < -0.4 is 11.1 Å². The Kier molecular flexibility index (Phi) is 5.55. The molecule has 1 amide bonds. The zero-order chi connectivity index (χ0) is 17.9. The molecule has 1 aromatic rings. The number of hydrogen-bond donors (Lipinski definition) is 2. The van der Waals surface area contributed by atoms with E-state index in [0.717, 1.165) is 18.6 Å². The summed E-state index contributed by atoms with van der Waals surface area (Å²) in [7, 11) is -3.40. The van der Waals surface area contributed by atoms with Gasteiger partial charge in [-0.3, -0.25) is 4.79 Å². The first kappa shape index (κ1) is 18.1. The summed E-state index contributed by atoms with van der Waals surface area (Å²) in [5.74, 6) is 0.921. The van der Waals surface area contributed by atoms with Crippen LogP contribution in [0.4, 0.5) is 0 Å². The highest BCUT2D eigenvalue weighted by molar-refractivity contribution is 7.92. The van der Waals surface area contributed by atoms with Gasteiger partial charge in [0.25, 0.3) is 5.91 Å². The molecule has 9 heteroatoms. The molecule has 1 saturated carbocycles. The molecular formula is C16H24N4O4S. The maximum absolute atomic E-state index is 12.2. The monoisotopic (exact) mass is 368 g/mol. The van der Waals surface area contributed by atoms with Crippen molar-refractivity contribution in [2.45, 2.75) is 44.1 Å². The van der Waals surface area contributed by atoms with Crippen molar-refractivity contribution in [3.63, 3.8) is 0 Å². The van der Waals surface area contributed by atoms with Gasteiger partial charge in [0.2, 0.25) is 10.0 Å². The molecule has 1 aliphatic heterocycles. The average molecular weight is 368 g/mol. The largest absolute Gasteiger partial charge is 0.360 e. The van der Waals surface area contributed by atoms with Crippen molar-refractivity contribution < 1.29 is 17.7 Å². The van der Waals surface area contributed by atoms with Crippen molar-refractivity contribution in [2.24, 2.45) is 5.73 Å². The summed E-state index contributed by atoms with van der Waals surface area (Å²) in [4.78, 5) is 12.2. The highest BCUT2D eigenvalue weighted by atomic mass is 32.2. The van der Waals surface area contributed by atoms with Crippen LogP contribution in [0.1, 0.15) is 54.3 Å². The minimum absolute atomic E-state index is 0.0620. The number of rotatable bonds is 7. The molecule has 0 bridgehead atoms. The van der Waals surface area contributed by atoms with Gasteiger partial charge in [-0.1, -0.05) is 11.2 Å². The van der Waals surface area contributed by atoms with Crippen molar-refractivity contribution in [1.82, 2.24) is 14.8 Å². The van der Waals surface area contributed by atoms with E-state index in [1.807, 2.05) is 0 Å². The van der Waals surface area contributed by atoms with Crippen LogP contribution in [0.3, 0.4) is 0 Å². The molecule has 1 saturated heterocycles. The van der Waals surface area contributed by atoms with Crippen molar-refractivity contribution in [3.8, 4) is 0 Å². The summed E-state index contributed by atoms with van der Waals surface area (Å²) in [6.45, 7) is 1.18. The van der Waals surface area contributed by atoms with Gasteiger partial charge in [0, 0.05) is 36.5 Å². The van der Waals surface area contributed by atoms with E-state index >= 15 is 0 Å². The number of aromatic nitrogens is 1. The number of sulfonamides is 1. The molecule has 1 aliphatic carbocycles. The summed E-state index contributed by atoms with van der Waals surface area (Å²) in [6.07, 6.45) is 5.43.